The van der Waals surface area contributed by atoms with Gasteiger partial charge in [-0.25, -0.2) is 0 Å². The van der Waals surface area contributed by atoms with E-state index in [9.17, 15) is 4.79 Å². The van der Waals surface area contributed by atoms with E-state index in [1.165, 1.54) is 0 Å². The summed E-state index contributed by atoms with van der Waals surface area (Å²) >= 11 is 0. The Kier molecular flexibility index (Phi) is 3.05. The minimum atomic E-state index is -0.357. The molecule has 1 aliphatic rings. The molecule has 4 heteroatoms. The Labute approximate surface area is 72.0 Å². The van der Waals surface area contributed by atoms with Crippen molar-refractivity contribution in [2.24, 2.45) is 5.73 Å². The van der Waals surface area contributed by atoms with Crippen molar-refractivity contribution in [3.63, 3.8) is 0 Å². The van der Waals surface area contributed by atoms with Gasteiger partial charge in [0.2, 0.25) is 5.91 Å². The molecule has 0 atom stereocenters. The molecule has 0 aliphatic carbocycles. The third-order valence-corrected chi connectivity index (χ3v) is 2.33. The first-order valence-corrected chi connectivity index (χ1v) is 4.10. The highest BCUT2D eigenvalue weighted by Crippen LogP contribution is 2.27. The second-order valence-corrected chi connectivity index (χ2v) is 3.14. The van der Waals surface area contributed by atoms with Crippen LogP contribution in [0.2, 0.25) is 0 Å². The number of primary amides is 1. The van der Waals surface area contributed by atoms with Crippen molar-refractivity contribution in [2.45, 2.75) is 24.9 Å². The molecule has 12 heavy (non-hydrogen) atoms. The Bertz CT molecular complexity index is 164. The summed E-state index contributed by atoms with van der Waals surface area (Å²) in [7, 11) is 1.62. The van der Waals surface area contributed by atoms with Crippen LogP contribution in [0.15, 0.2) is 0 Å². The summed E-state index contributed by atoms with van der Waals surface area (Å²) in [6, 6.07) is 0. The molecule has 1 heterocycles. The fraction of sp³-hybridized carbons (Fsp3) is 0.875. The summed E-state index contributed by atoms with van der Waals surface area (Å²) < 4.78 is 10.5. The number of rotatable bonds is 3. The van der Waals surface area contributed by atoms with Gasteiger partial charge >= 0.3 is 0 Å². The van der Waals surface area contributed by atoms with Gasteiger partial charge in [-0.1, -0.05) is 0 Å². The van der Waals surface area contributed by atoms with Crippen LogP contribution in [0, 0.1) is 0 Å². The van der Waals surface area contributed by atoms with Crippen LogP contribution in [0.5, 0.6) is 0 Å². The van der Waals surface area contributed by atoms with E-state index in [0.717, 1.165) is 12.8 Å². The third kappa shape index (κ3) is 2.19. The maximum Gasteiger partial charge on any atom is 0.220 e. The Morgan fingerprint density at radius 3 is 2.58 bits per heavy atom. The molecule has 0 spiro atoms. The summed E-state index contributed by atoms with van der Waals surface area (Å²) in [5.74, 6) is -0.307. The topological polar surface area (TPSA) is 61.5 Å². The van der Waals surface area contributed by atoms with Crippen LogP contribution in [0.25, 0.3) is 0 Å². The predicted octanol–water partition coefficient (Wildman–Crippen LogP) is 0.0574. The Hall–Kier alpha value is -0.610. The van der Waals surface area contributed by atoms with Crippen molar-refractivity contribution >= 4 is 5.91 Å². The van der Waals surface area contributed by atoms with Crippen molar-refractivity contribution in [2.75, 3.05) is 20.3 Å². The van der Waals surface area contributed by atoms with Gasteiger partial charge in [-0.2, -0.15) is 0 Å². The van der Waals surface area contributed by atoms with E-state index >= 15 is 0 Å². The molecule has 0 unspecified atom stereocenters. The quantitative estimate of drug-likeness (QED) is 0.656. The standard InChI is InChI=1S/C8H15NO3/c1-11-8(6-7(9)10)2-4-12-5-3-8/h2-6H2,1H3,(H2,9,10). The van der Waals surface area contributed by atoms with Crippen LogP contribution in [-0.4, -0.2) is 31.8 Å². The van der Waals surface area contributed by atoms with E-state index in [-0.39, 0.29) is 11.5 Å². The molecule has 1 amide bonds. The lowest BCUT2D eigenvalue weighted by Gasteiger charge is -2.34. The van der Waals surface area contributed by atoms with Gasteiger partial charge in [0.25, 0.3) is 0 Å². The molecule has 0 bridgehead atoms. The van der Waals surface area contributed by atoms with Crippen LogP contribution in [-0.2, 0) is 14.3 Å². The van der Waals surface area contributed by atoms with Gasteiger partial charge in [-0.15, -0.1) is 0 Å². The van der Waals surface area contributed by atoms with Gasteiger partial charge in [-0.3, -0.25) is 4.79 Å². The van der Waals surface area contributed by atoms with Crippen LogP contribution < -0.4 is 5.73 Å². The van der Waals surface area contributed by atoms with Gasteiger partial charge in [0, 0.05) is 33.2 Å². The molecule has 1 saturated heterocycles. The molecular weight excluding hydrogens is 158 g/mol. The monoisotopic (exact) mass is 173 g/mol. The van der Waals surface area contributed by atoms with Gasteiger partial charge in [0.1, 0.15) is 0 Å². The van der Waals surface area contributed by atoms with Crippen LogP contribution >= 0.6 is 0 Å². The van der Waals surface area contributed by atoms with Crippen LogP contribution in [0.4, 0.5) is 0 Å². The van der Waals surface area contributed by atoms with E-state index in [1.54, 1.807) is 7.11 Å². The molecule has 0 saturated carbocycles. The minimum absolute atomic E-state index is 0.298. The summed E-state index contributed by atoms with van der Waals surface area (Å²) in [5.41, 5.74) is 4.77. The smallest absolute Gasteiger partial charge is 0.220 e. The summed E-state index contributed by atoms with van der Waals surface area (Å²) in [4.78, 5) is 10.7. The Morgan fingerprint density at radius 2 is 2.17 bits per heavy atom. The molecule has 0 radical (unpaired) electrons. The number of hydrogen-bond acceptors (Lipinski definition) is 3. The molecule has 0 aromatic heterocycles. The summed E-state index contributed by atoms with van der Waals surface area (Å²) in [5, 5.41) is 0. The molecule has 70 valence electrons. The number of carbonyl (C=O) groups excluding carboxylic acids is 1. The second-order valence-electron chi connectivity index (χ2n) is 3.14. The zero-order valence-electron chi connectivity index (χ0n) is 7.34. The second kappa shape index (κ2) is 3.87. The lowest BCUT2D eigenvalue weighted by atomic mass is 9.90. The van der Waals surface area contributed by atoms with Crippen molar-refractivity contribution in [1.29, 1.82) is 0 Å². The van der Waals surface area contributed by atoms with Gasteiger partial charge in [0.15, 0.2) is 0 Å². The molecule has 1 fully saturated rings. The minimum Gasteiger partial charge on any atom is -0.381 e. The van der Waals surface area contributed by atoms with E-state index in [0.29, 0.717) is 19.6 Å². The first-order valence-electron chi connectivity index (χ1n) is 4.10. The fourth-order valence-corrected chi connectivity index (χ4v) is 1.51. The zero-order chi connectivity index (χ0) is 9.03. The van der Waals surface area contributed by atoms with E-state index in [4.69, 9.17) is 15.2 Å². The normalized spacial score (nSPS) is 22.1. The molecule has 1 aliphatic heterocycles. The average molecular weight is 173 g/mol. The lowest BCUT2D eigenvalue weighted by molar-refractivity contribution is -0.132. The number of methoxy groups -OCH3 is 1. The molecule has 0 aromatic carbocycles. The largest absolute Gasteiger partial charge is 0.381 e. The highest BCUT2D eigenvalue weighted by Gasteiger charge is 2.33. The molecule has 2 N–H and O–H groups in total. The zero-order valence-corrected chi connectivity index (χ0v) is 7.34. The first kappa shape index (κ1) is 9.48. The SMILES string of the molecule is COC1(CC(N)=O)CCOCC1. The van der Waals surface area contributed by atoms with E-state index < -0.39 is 0 Å². The molecule has 1 rings (SSSR count). The van der Waals surface area contributed by atoms with Crippen molar-refractivity contribution in [3.05, 3.63) is 0 Å². The first-order chi connectivity index (χ1) is 5.68. The van der Waals surface area contributed by atoms with E-state index in [2.05, 4.69) is 0 Å². The molecule has 0 aromatic rings. The lowest BCUT2D eigenvalue weighted by Crippen LogP contribution is -2.41. The van der Waals surface area contributed by atoms with E-state index in [1.807, 2.05) is 0 Å². The van der Waals surface area contributed by atoms with Crippen molar-refractivity contribution in [1.82, 2.24) is 0 Å². The summed E-state index contributed by atoms with van der Waals surface area (Å²) in [6.07, 6.45) is 1.81. The predicted molar refractivity (Wildman–Crippen MR) is 43.6 cm³/mol. The highest BCUT2D eigenvalue weighted by molar-refractivity contribution is 5.75. The molecular formula is C8H15NO3. The maximum atomic E-state index is 10.7. The number of hydrogen-bond donors (Lipinski definition) is 1. The van der Waals surface area contributed by atoms with Gasteiger partial charge in [-0.05, 0) is 0 Å². The van der Waals surface area contributed by atoms with Crippen molar-refractivity contribution in [3.8, 4) is 0 Å². The Morgan fingerprint density at radius 1 is 1.58 bits per heavy atom. The fourth-order valence-electron chi connectivity index (χ4n) is 1.51. The van der Waals surface area contributed by atoms with Crippen LogP contribution in [0.3, 0.4) is 0 Å². The van der Waals surface area contributed by atoms with Gasteiger partial charge in [0.05, 0.1) is 12.0 Å². The van der Waals surface area contributed by atoms with Crippen molar-refractivity contribution < 1.29 is 14.3 Å². The average Bonchev–Trinajstić information content (AvgIpc) is 2.05. The summed E-state index contributed by atoms with van der Waals surface area (Å²) in [6.45, 7) is 1.31. The molecule has 4 nitrogen and oxygen atoms in total. The number of nitrogens with two attached hydrogens (primary N) is 1. The number of carbonyl (C=O) groups is 1. The highest BCUT2D eigenvalue weighted by atomic mass is 16.5. The number of amides is 1. The van der Waals surface area contributed by atoms with Crippen LogP contribution in [0.1, 0.15) is 19.3 Å². The third-order valence-electron chi connectivity index (χ3n) is 2.33. The maximum absolute atomic E-state index is 10.7. The van der Waals surface area contributed by atoms with Gasteiger partial charge < -0.3 is 15.2 Å². The Balaban J connectivity index is 2.53. The number of ether oxygens (including phenoxy) is 2.